The summed E-state index contributed by atoms with van der Waals surface area (Å²) in [7, 11) is 0. The monoisotopic (exact) mass is 278 g/mol. The van der Waals surface area contributed by atoms with E-state index in [0.717, 1.165) is 11.3 Å². The van der Waals surface area contributed by atoms with E-state index in [4.69, 9.17) is 23.2 Å². The minimum Gasteiger partial charge on any atom is -0.278 e. The molecule has 2 aromatic carbocycles. The fourth-order valence-corrected chi connectivity index (χ4v) is 1.80. The van der Waals surface area contributed by atoms with Crippen LogP contribution in [0.3, 0.4) is 0 Å². The first-order valence-corrected chi connectivity index (χ1v) is 6.21. The average molecular weight is 279 g/mol. The number of hydrazone groups is 1. The van der Waals surface area contributed by atoms with Crippen LogP contribution in [-0.2, 0) is 0 Å². The van der Waals surface area contributed by atoms with Crippen LogP contribution in [0.25, 0.3) is 0 Å². The number of hydrogen-bond acceptors (Lipinski definition) is 2. The van der Waals surface area contributed by atoms with Crippen LogP contribution in [0.5, 0.6) is 0 Å². The molecule has 0 saturated heterocycles. The van der Waals surface area contributed by atoms with Gasteiger partial charge in [0.15, 0.2) is 0 Å². The minimum atomic E-state index is 0.507. The molecule has 0 aromatic heterocycles. The molecule has 0 amide bonds. The summed E-state index contributed by atoms with van der Waals surface area (Å²) in [4.78, 5) is 0. The van der Waals surface area contributed by atoms with Gasteiger partial charge in [-0.3, -0.25) is 5.43 Å². The third kappa shape index (κ3) is 3.49. The quantitative estimate of drug-likeness (QED) is 0.636. The average Bonchev–Trinajstić information content (AvgIpc) is 2.34. The van der Waals surface area contributed by atoms with Crippen molar-refractivity contribution >= 4 is 35.1 Å². The molecule has 0 unspecified atom stereocenters. The summed E-state index contributed by atoms with van der Waals surface area (Å²) in [5.74, 6) is 0. The lowest BCUT2D eigenvalue weighted by Crippen LogP contribution is -1.90. The Hall–Kier alpha value is -1.51. The summed E-state index contributed by atoms with van der Waals surface area (Å²) in [5.41, 5.74) is 5.95. The molecule has 1 N–H and O–H groups in total. The lowest BCUT2D eigenvalue weighted by atomic mass is 10.2. The van der Waals surface area contributed by atoms with E-state index in [-0.39, 0.29) is 0 Å². The summed E-state index contributed by atoms with van der Waals surface area (Å²) in [6, 6.07) is 13.4. The minimum absolute atomic E-state index is 0.507. The van der Waals surface area contributed by atoms with Gasteiger partial charge in [0, 0.05) is 0 Å². The molecule has 0 aliphatic carbocycles. The van der Waals surface area contributed by atoms with Crippen molar-refractivity contribution in [2.24, 2.45) is 5.10 Å². The maximum Gasteiger partial charge on any atom is 0.0613 e. The highest BCUT2D eigenvalue weighted by molar-refractivity contribution is 6.42. The van der Waals surface area contributed by atoms with Crippen LogP contribution < -0.4 is 5.43 Å². The number of aryl methyl sites for hydroxylation is 1. The Morgan fingerprint density at radius 2 is 1.89 bits per heavy atom. The van der Waals surface area contributed by atoms with E-state index in [1.165, 1.54) is 5.56 Å². The first-order chi connectivity index (χ1) is 8.65. The van der Waals surface area contributed by atoms with Crippen LogP contribution >= 0.6 is 23.2 Å². The van der Waals surface area contributed by atoms with Crippen LogP contribution in [0.2, 0.25) is 10.0 Å². The van der Waals surface area contributed by atoms with Crippen molar-refractivity contribution in [2.45, 2.75) is 6.92 Å². The van der Waals surface area contributed by atoms with Gasteiger partial charge in [-0.1, -0.05) is 53.0 Å². The highest BCUT2D eigenvalue weighted by atomic mass is 35.5. The van der Waals surface area contributed by atoms with E-state index in [9.17, 15) is 0 Å². The highest BCUT2D eigenvalue weighted by Crippen LogP contribution is 2.24. The molecule has 0 heterocycles. The van der Waals surface area contributed by atoms with Gasteiger partial charge in [0.05, 0.1) is 21.9 Å². The largest absolute Gasteiger partial charge is 0.278 e. The van der Waals surface area contributed by atoms with Crippen LogP contribution in [0.1, 0.15) is 11.1 Å². The number of benzene rings is 2. The summed E-state index contributed by atoms with van der Waals surface area (Å²) in [6.45, 7) is 2.05. The van der Waals surface area contributed by atoms with E-state index in [1.54, 1.807) is 18.3 Å². The second-order valence-electron chi connectivity index (χ2n) is 3.91. The van der Waals surface area contributed by atoms with Crippen LogP contribution in [0.4, 0.5) is 5.69 Å². The molecule has 0 aliphatic heterocycles. The van der Waals surface area contributed by atoms with Crippen molar-refractivity contribution in [3.05, 3.63) is 63.6 Å². The van der Waals surface area contributed by atoms with Crippen LogP contribution in [0.15, 0.2) is 47.6 Å². The standard InChI is InChI=1S/C14H12Cl2N2/c1-10-3-2-4-11(7-10)9-17-18-12-5-6-13(15)14(16)8-12/h2-9,18H,1H3. The number of rotatable bonds is 3. The number of anilines is 1. The topological polar surface area (TPSA) is 24.4 Å². The first-order valence-electron chi connectivity index (χ1n) is 5.46. The zero-order chi connectivity index (χ0) is 13.0. The van der Waals surface area contributed by atoms with Gasteiger partial charge < -0.3 is 0 Å². The molecule has 0 fully saturated rings. The van der Waals surface area contributed by atoms with Crippen molar-refractivity contribution < 1.29 is 0 Å². The molecule has 2 rings (SSSR count). The Morgan fingerprint density at radius 1 is 1.06 bits per heavy atom. The molecule has 92 valence electrons. The number of nitrogens with one attached hydrogen (secondary N) is 1. The normalized spacial score (nSPS) is 10.8. The van der Waals surface area contributed by atoms with Crippen LogP contribution in [0, 0.1) is 6.92 Å². The molecule has 0 spiro atoms. The molecule has 0 bridgehead atoms. The van der Waals surface area contributed by atoms with Gasteiger partial charge in [0.1, 0.15) is 0 Å². The van der Waals surface area contributed by atoms with E-state index in [2.05, 4.69) is 16.6 Å². The summed E-state index contributed by atoms with van der Waals surface area (Å²) < 4.78 is 0. The van der Waals surface area contributed by atoms with Gasteiger partial charge in [0.25, 0.3) is 0 Å². The first kappa shape index (κ1) is 12.9. The number of halogens is 2. The second kappa shape index (κ2) is 5.89. The Kier molecular flexibility index (Phi) is 4.24. The molecule has 2 aromatic rings. The number of hydrogen-bond donors (Lipinski definition) is 1. The Balaban J connectivity index is 2.05. The van der Waals surface area contributed by atoms with Crippen molar-refractivity contribution in [1.82, 2.24) is 0 Å². The molecule has 0 saturated carbocycles. The van der Waals surface area contributed by atoms with Crippen LogP contribution in [-0.4, -0.2) is 6.21 Å². The Morgan fingerprint density at radius 3 is 2.61 bits per heavy atom. The lowest BCUT2D eigenvalue weighted by molar-refractivity contribution is 1.35. The maximum absolute atomic E-state index is 5.91. The van der Waals surface area contributed by atoms with Gasteiger partial charge in [-0.25, -0.2) is 0 Å². The fraction of sp³-hybridized carbons (Fsp3) is 0.0714. The van der Waals surface area contributed by atoms with E-state index < -0.39 is 0 Å². The zero-order valence-electron chi connectivity index (χ0n) is 9.82. The molecule has 0 atom stereocenters. The van der Waals surface area contributed by atoms with Gasteiger partial charge in [0.2, 0.25) is 0 Å². The van der Waals surface area contributed by atoms with E-state index in [0.29, 0.717) is 10.0 Å². The van der Waals surface area contributed by atoms with Gasteiger partial charge in [-0.2, -0.15) is 5.10 Å². The van der Waals surface area contributed by atoms with Crippen molar-refractivity contribution in [3.8, 4) is 0 Å². The molecule has 0 aliphatic rings. The second-order valence-corrected chi connectivity index (χ2v) is 4.73. The SMILES string of the molecule is Cc1cccc(C=NNc2ccc(Cl)c(Cl)c2)c1. The third-order valence-electron chi connectivity index (χ3n) is 2.37. The molecule has 0 radical (unpaired) electrons. The van der Waals surface area contributed by atoms with E-state index in [1.807, 2.05) is 31.2 Å². The fourth-order valence-electron chi connectivity index (χ4n) is 1.50. The van der Waals surface area contributed by atoms with Gasteiger partial charge >= 0.3 is 0 Å². The zero-order valence-corrected chi connectivity index (χ0v) is 11.3. The maximum atomic E-state index is 5.91. The van der Waals surface area contributed by atoms with Crippen molar-refractivity contribution in [3.63, 3.8) is 0 Å². The van der Waals surface area contributed by atoms with Crippen molar-refractivity contribution in [1.29, 1.82) is 0 Å². The Labute approximate surface area is 116 Å². The highest BCUT2D eigenvalue weighted by Gasteiger charge is 1.97. The molecular formula is C14H12Cl2N2. The smallest absolute Gasteiger partial charge is 0.0613 e. The molecule has 2 nitrogen and oxygen atoms in total. The summed E-state index contributed by atoms with van der Waals surface area (Å²) >= 11 is 11.7. The summed E-state index contributed by atoms with van der Waals surface area (Å²) in [6.07, 6.45) is 1.76. The number of nitrogens with zero attached hydrogens (tertiary/aromatic N) is 1. The third-order valence-corrected chi connectivity index (χ3v) is 3.11. The molecule has 4 heteroatoms. The lowest BCUT2D eigenvalue weighted by Gasteiger charge is -2.02. The van der Waals surface area contributed by atoms with Crippen molar-refractivity contribution in [2.75, 3.05) is 5.43 Å². The van der Waals surface area contributed by atoms with E-state index >= 15 is 0 Å². The molecular weight excluding hydrogens is 267 g/mol. The molecule has 18 heavy (non-hydrogen) atoms. The Bertz CT molecular complexity index is 580. The van der Waals surface area contributed by atoms with Gasteiger partial charge in [-0.05, 0) is 30.7 Å². The predicted octanol–water partition coefficient (Wildman–Crippen LogP) is 4.75. The summed E-state index contributed by atoms with van der Waals surface area (Å²) in [5, 5.41) is 5.19. The van der Waals surface area contributed by atoms with Gasteiger partial charge in [-0.15, -0.1) is 0 Å². The predicted molar refractivity (Wildman–Crippen MR) is 78.9 cm³/mol.